The van der Waals surface area contributed by atoms with E-state index in [0.717, 1.165) is 32.2 Å². The molecule has 0 aliphatic carbocycles. The Kier molecular flexibility index (Phi) is 5.60. The number of nitrogens with zero attached hydrogens (tertiary/aromatic N) is 1. The number of hydrogen-bond acceptors (Lipinski definition) is 3. The van der Waals surface area contributed by atoms with Gasteiger partial charge in [0.2, 0.25) is 5.91 Å². The molecule has 106 valence electrons. The summed E-state index contributed by atoms with van der Waals surface area (Å²) in [7, 11) is 5.41. The standard InChI is InChI=1S/C14H28N2O2/c1-14(2,18-5)8-6-11-7-9-15-12(10-11)13(17)16(3)4/h11-12,15H,6-10H2,1-5H3. The summed E-state index contributed by atoms with van der Waals surface area (Å²) in [6, 6.07) is 0.00408. The molecule has 1 aliphatic rings. The second-order valence-corrected chi connectivity index (χ2v) is 6.13. The van der Waals surface area contributed by atoms with Crippen LogP contribution in [-0.4, -0.2) is 50.2 Å². The number of methoxy groups -OCH3 is 1. The summed E-state index contributed by atoms with van der Waals surface area (Å²) in [5.41, 5.74) is -0.0497. The molecule has 1 heterocycles. The van der Waals surface area contributed by atoms with E-state index in [2.05, 4.69) is 19.2 Å². The third-order valence-corrected chi connectivity index (χ3v) is 3.96. The van der Waals surface area contributed by atoms with Gasteiger partial charge in [0.25, 0.3) is 0 Å². The number of hydrogen-bond donors (Lipinski definition) is 1. The number of rotatable bonds is 5. The molecule has 1 fully saturated rings. The number of nitrogens with one attached hydrogen (secondary N) is 1. The van der Waals surface area contributed by atoms with Crippen LogP contribution in [0.25, 0.3) is 0 Å². The fraction of sp³-hybridized carbons (Fsp3) is 0.929. The molecule has 2 unspecified atom stereocenters. The Morgan fingerprint density at radius 3 is 2.67 bits per heavy atom. The Balaban J connectivity index is 2.42. The van der Waals surface area contributed by atoms with Crippen molar-refractivity contribution in [3.63, 3.8) is 0 Å². The lowest BCUT2D eigenvalue weighted by Gasteiger charge is -2.33. The molecule has 0 aromatic carbocycles. The molecule has 0 radical (unpaired) electrons. The number of carbonyl (C=O) groups excluding carboxylic acids is 1. The Labute approximate surface area is 111 Å². The van der Waals surface area contributed by atoms with Crippen molar-refractivity contribution in [1.29, 1.82) is 0 Å². The molecule has 1 amide bonds. The molecule has 4 nitrogen and oxygen atoms in total. The van der Waals surface area contributed by atoms with Crippen LogP contribution < -0.4 is 5.32 Å². The van der Waals surface area contributed by atoms with Crippen LogP contribution in [-0.2, 0) is 9.53 Å². The molecular weight excluding hydrogens is 228 g/mol. The maximum Gasteiger partial charge on any atom is 0.239 e. The summed E-state index contributed by atoms with van der Waals surface area (Å²) in [6.07, 6.45) is 4.31. The molecule has 1 rings (SSSR count). The second kappa shape index (κ2) is 6.53. The first kappa shape index (κ1) is 15.4. The lowest BCUT2D eigenvalue weighted by molar-refractivity contribution is -0.131. The van der Waals surface area contributed by atoms with Gasteiger partial charge < -0.3 is 15.0 Å². The van der Waals surface area contributed by atoms with Crippen LogP contribution in [0.5, 0.6) is 0 Å². The third-order valence-electron chi connectivity index (χ3n) is 3.96. The van der Waals surface area contributed by atoms with E-state index in [1.54, 1.807) is 12.0 Å². The number of piperidine rings is 1. The summed E-state index contributed by atoms with van der Waals surface area (Å²) in [5.74, 6) is 0.834. The monoisotopic (exact) mass is 256 g/mol. The second-order valence-electron chi connectivity index (χ2n) is 6.13. The van der Waals surface area contributed by atoms with Gasteiger partial charge in [-0.15, -0.1) is 0 Å². The average Bonchev–Trinajstić information content (AvgIpc) is 2.36. The topological polar surface area (TPSA) is 41.6 Å². The highest BCUT2D eigenvalue weighted by atomic mass is 16.5. The largest absolute Gasteiger partial charge is 0.379 e. The van der Waals surface area contributed by atoms with Gasteiger partial charge in [0.05, 0.1) is 11.6 Å². The van der Waals surface area contributed by atoms with Crippen LogP contribution in [0.4, 0.5) is 0 Å². The van der Waals surface area contributed by atoms with E-state index in [1.165, 1.54) is 0 Å². The first-order valence-electron chi connectivity index (χ1n) is 6.85. The van der Waals surface area contributed by atoms with Crippen LogP contribution in [0.3, 0.4) is 0 Å². The molecule has 18 heavy (non-hydrogen) atoms. The highest BCUT2D eigenvalue weighted by Gasteiger charge is 2.29. The van der Waals surface area contributed by atoms with Crippen LogP contribution in [0, 0.1) is 5.92 Å². The summed E-state index contributed by atoms with van der Waals surface area (Å²) in [5, 5.41) is 3.32. The van der Waals surface area contributed by atoms with E-state index >= 15 is 0 Å². The lowest BCUT2D eigenvalue weighted by atomic mass is 9.85. The highest BCUT2D eigenvalue weighted by molar-refractivity contribution is 5.81. The molecule has 0 aromatic rings. The summed E-state index contributed by atoms with van der Waals surface area (Å²) in [4.78, 5) is 13.6. The van der Waals surface area contributed by atoms with Crippen molar-refractivity contribution in [3.8, 4) is 0 Å². The number of amides is 1. The quantitative estimate of drug-likeness (QED) is 0.813. The molecule has 0 aromatic heterocycles. The van der Waals surface area contributed by atoms with Gasteiger partial charge in [0.1, 0.15) is 0 Å². The van der Waals surface area contributed by atoms with E-state index in [4.69, 9.17) is 4.74 Å². The molecule has 1 N–H and O–H groups in total. The third kappa shape index (κ3) is 4.58. The van der Waals surface area contributed by atoms with Gasteiger partial charge in [0, 0.05) is 21.2 Å². The van der Waals surface area contributed by atoms with Crippen molar-refractivity contribution in [3.05, 3.63) is 0 Å². The maximum absolute atomic E-state index is 11.9. The minimum Gasteiger partial charge on any atom is -0.379 e. The minimum atomic E-state index is -0.0497. The number of ether oxygens (including phenoxy) is 1. The molecular formula is C14H28N2O2. The van der Waals surface area contributed by atoms with E-state index < -0.39 is 0 Å². The molecule has 2 atom stereocenters. The number of carbonyl (C=O) groups is 1. The zero-order valence-electron chi connectivity index (χ0n) is 12.5. The van der Waals surface area contributed by atoms with Crippen molar-refractivity contribution >= 4 is 5.91 Å². The zero-order valence-corrected chi connectivity index (χ0v) is 12.5. The SMILES string of the molecule is COC(C)(C)CCC1CCNC(C(=O)N(C)C)C1. The average molecular weight is 256 g/mol. The van der Waals surface area contributed by atoms with E-state index in [-0.39, 0.29) is 17.6 Å². The smallest absolute Gasteiger partial charge is 0.239 e. The van der Waals surface area contributed by atoms with E-state index in [9.17, 15) is 4.79 Å². The predicted octanol–water partition coefficient (Wildman–Crippen LogP) is 1.65. The molecule has 4 heteroatoms. The van der Waals surface area contributed by atoms with Crippen LogP contribution in [0.2, 0.25) is 0 Å². The first-order valence-corrected chi connectivity index (χ1v) is 6.85. The van der Waals surface area contributed by atoms with Gasteiger partial charge in [-0.25, -0.2) is 0 Å². The Hall–Kier alpha value is -0.610. The van der Waals surface area contributed by atoms with Gasteiger partial charge in [-0.1, -0.05) is 0 Å². The van der Waals surface area contributed by atoms with Gasteiger partial charge >= 0.3 is 0 Å². The van der Waals surface area contributed by atoms with Crippen molar-refractivity contribution in [1.82, 2.24) is 10.2 Å². The Morgan fingerprint density at radius 2 is 2.11 bits per heavy atom. The fourth-order valence-corrected chi connectivity index (χ4v) is 2.41. The van der Waals surface area contributed by atoms with Crippen LogP contribution in [0.1, 0.15) is 39.5 Å². The zero-order chi connectivity index (χ0) is 13.8. The van der Waals surface area contributed by atoms with Crippen molar-refractivity contribution in [2.45, 2.75) is 51.2 Å². The van der Waals surface area contributed by atoms with Crippen molar-refractivity contribution in [2.75, 3.05) is 27.7 Å². The molecule has 1 saturated heterocycles. The Morgan fingerprint density at radius 1 is 1.44 bits per heavy atom. The minimum absolute atomic E-state index is 0.00408. The van der Waals surface area contributed by atoms with Gasteiger partial charge in [0.15, 0.2) is 0 Å². The van der Waals surface area contributed by atoms with E-state index in [1.807, 2.05) is 14.1 Å². The normalized spacial score (nSPS) is 24.9. The maximum atomic E-state index is 11.9. The van der Waals surface area contributed by atoms with E-state index in [0.29, 0.717) is 5.92 Å². The van der Waals surface area contributed by atoms with Crippen molar-refractivity contribution in [2.24, 2.45) is 5.92 Å². The molecule has 0 bridgehead atoms. The first-order chi connectivity index (χ1) is 8.35. The predicted molar refractivity (Wildman–Crippen MR) is 73.5 cm³/mol. The van der Waals surface area contributed by atoms with Crippen molar-refractivity contribution < 1.29 is 9.53 Å². The molecule has 1 aliphatic heterocycles. The fourth-order valence-electron chi connectivity index (χ4n) is 2.41. The van der Waals surface area contributed by atoms with Gasteiger partial charge in [-0.2, -0.15) is 0 Å². The summed E-state index contributed by atoms with van der Waals surface area (Å²) < 4.78 is 5.45. The Bertz CT molecular complexity index is 277. The summed E-state index contributed by atoms with van der Waals surface area (Å²) in [6.45, 7) is 5.19. The molecule has 0 saturated carbocycles. The number of likely N-dealkylation sites (N-methyl/N-ethyl adjacent to an activating group) is 1. The summed E-state index contributed by atoms with van der Waals surface area (Å²) >= 11 is 0. The van der Waals surface area contributed by atoms with Crippen LogP contribution >= 0.6 is 0 Å². The van der Waals surface area contributed by atoms with Gasteiger partial charge in [-0.3, -0.25) is 4.79 Å². The van der Waals surface area contributed by atoms with Gasteiger partial charge in [-0.05, 0) is 52.0 Å². The van der Waals surface area contributed by atoms with Crippen LogP contribution in [0.15, 0.2) is 0 Å². The molecule has 0 spiro atoms. The lowest BCUT2D eigenvalue weighted by Crippen LogP contribution is -2.48. The highest BCUT2D eigenvalue weighted by Crippen LogP contribution is 2.26.